The molecule has 2 N–H and O–H groups in total. The van der Waals surface area contributed by atoms with Crippen molar-refractivity contribution in [3.8, 4) is 11.1 Å². The molecule has 4 nitrogen and oxygen atoms in total. The largest absolute Gasteiger partial charge is 0.380 e. The maximum Gasteiger partial charge on any atom is 0.228 e. The number of carbonyl (C=O) groups is 1. The van der Waals surface area contributed by atoms with E-state index in [4.69, 9.17) is 11.6 Å². The minimum absolute atomic E-state index is 0.160. The van der Waals surface area contributed by atoms with E-state index >= 15 is 0 Å². The lowest BCUT2D eigenvalue weighted by Gasteiger charge is -2.16. The maximum absolute atomic E-state index is 13.2. The van der Waals surface area contributed by atoms with Gasteiger partial charge in [0.2, 0.25) is 5.91 Å². The molecule has 0 saturated heterocycles. The molecule has 0 saturated carbocycles. The second kappa shape index (κ2) is 10.7. The minimum Gasteiger partial charge on any atom is -0.380 e. The van der Waals surface area contributed by atoms with E-state index in [9.17, 15) is 9.18 Å². The number of nitrogens with one attached hydrogen (secondary N) is 2. The molecule has 3 aromatic carbocycles. The summed E-state index contributed by atoms with van der Waals surface area (Å²) in [6, 6.07) is 23.9. The van der Waals surface area contributed by atoms with Crippen molar-refractivity contribution in [1.82, 2.24) is 0 Å². The Morgan fingerprint density at radius 2 is 1.71 bits per heavy atom. The predicted octanol–water partition coefficient (Wildman–Crippen LogP) is 7.07. The summed E-state index contributed by atoms with van der Waals surface area (Å²) in [7, 11) is 4.00. The molecule has 4 aromatic rings. The van der Waals surface area contributed by atoms with Gasteiger partial charge < -0.3 is 15.5 Å². The monoisotopic (exact) mass is 493 g/mol. The molecule has 1 aromatic heterocycles. The third kappa shape index (κ3) is 6.16. The van der Waals surface area contributed by atoms with Crippen LogP contribution in [-0.2, 0) is 17.8 Å². The molecule has 34 heavy (non-hydrogen) atoms. The Morgan fingerprint density at radius 3 is 2.35 bits per heavy atom. The molecular weight excluding hydrogens is 469 g/mol. The minimum atomic E-state index is -0.319. The number of thiophene rings is 1. The summed E-state index contributed by atoms with van der Waals surface area (Å²) in [5, 5.41) is 6.46. The molecule has 0 aliphatic rings. The number of anilines is 3. The van der Waals surface area contributed by atoms with Gasteiger partial charge in [0.05, 0.1) is 10.8 Å². The van der Waals surface area contributed by atoms with E-state index in [-0.39, 0.29) is 18.1 Å². The summed E-state index contributed by atoms with van der Waals surface area (Å²) in [6.07, 6.45) is 0.165. The zero-order valence-electron chi connectivity index (χ0n) is 18.9. The summed E-state index contributed by atoms with van der Waals surface area (Å²) in [5.74, 6) is -0.479. The fraction of sp³-hybridized carbons (Fsp3) is 0.148. The SMILES string of the molecule is CN(C)c1ccc(-c2cc(NCc3ccc(Cl)s3)ccc2NC(=O)Cc2ccc(F)cc2)cc1. The number of amides is 1. The van der Waals surface area contributed by atoms with Crippen LogP contribution in [0.3, 0.4) is 0 Å². The van der Waals surface area contributed by atoms with Gasteiger partial charge in [0.25, 0.3) is 0 Å². The summed E-state index contributed by atoms with van der Waals surface area (Å²) >= 11 is 7.59. The highest BCUT2D eigenvalue weighted by molar-refractivity contribution is 7.16. The van der Waals surface area contributed by atoms with Crippen molar-refractivity contribution in [3.05, 3.63) is 99.5 Å². The molecule has 0 bridgehead atoms. The molecule has 0 fully saturated rings. The topological polar surface area (TPSA) is 44.4 Å². The van der Waals surface area contributed by atoms with Crippen LogP contribution in [0, 0.1) is 5.82 Å². The first kappa shape index (κ1) is 23.8. The van der Waals surface area contributed by atoms with E-state index < -0.39 is 0 Å². The number of rotatable bonds is 8. The van der Waals surface area contributed by atoms with E-state index in [1.54, 1.807) is 23.5 Å². The van der Waals surface area contributed by atoms with Gasteiger partial charge in [-0.15, -0.1) is 11.3 Å². The van der Waals surface area contributed by atoms with Crippen LogP contribution in [0.25, 0.3) is 11.1 Å². The van der Waals surface area contributed by atoms with Crippen LogP contribution in [0.1, 0.15) is 10.4 Å². The molecule has 0 radical (unpaired) electrons. The summed E-state index contributed by atoms with van der Waals surface area (Å²) < 4.78 is 13.9. The third-order valence-corrected chi connectivity index (χ3v) is 6.59. The summed E-state index contributed by atoms with van der Waals surface area (Å²) in [4.78, 5) is 15.9. The van der Waals surface area contributed by atoms with Crippen LogP contribution >= 0.6 is 22.9 Å². The van der Waals surface area contributed by atoms with Gasteiger partial charge in [0, 0.05) is 48.1 Å². The highest BCUT2D eigenvalue weighted by atomic mass is 35.5. The highest BCUT2D eigenvalue weighted by Crippen LogP contribution is 2.33. The lowest BCUT2D eigenvalue weighted by atomic mass is 10.0. The Hall–Kier alpha value is -3.35. The molecule has 0 spiro atoms. The molecule has 1 heterocycles. The lowest BCUT2D eigenvalue weighted by Crippen LogP contribution is -2.15. The standard InChI is InChI=1S/C27H25ClFN3OS/c1-32(2)22-10-5-19(6-11-22)24-16-21(30-17-23-12-14-26(28)34-23)9-13-25(24)31-27(33)15-18-3-7-20(29)8-4-18/h3-14,16,30H,15,17H2,1-2H3,(H,31,33). The molecule has 174 valence electrons. The van der Waals surface area contributed by atoms with Gasteiger partial charge >= 0.3 is 0 Å². The molecule has 1 amide bonds. The second-order valence-corrected chi connectivity index (χ2v) is 9.91. The number of hydrogen-bond acceptors (Lipinski definition) is 4. The maximum atomic E-state index is 13.2. The average Bonchev–Trinajstić information content (AvgIpc) is 3.25. The van der Waals surface area contributed by atoms with Crippen molar-refractivity contribution in [2.45, 2.75) is 13.0 Å². The van der Waals surface area contributed by atoms with Gasteiger partial charge in [-0.3, -0.25) is 4.79 Å². The molecule has 7 heteroatoms. The number of halogens is 2. The molecule has 0 aliphatic heterocycles. The quantitative estimate of drug-likeness (QED) is 0.276. The van der Waals surface area contributed by atoms with Crippen LogP contribution in [0.15, 0.2) is 78.9 Å². The smallest absolute Gasteiger partial charge is 0.228 e. The van der Waals surface area contributed by atoms with E-state index in [0.717, 1.165) is 43.0 Å². The highest BCUT2D eigenvalue weighted by Gasteiger charge is 2.12. The van der Waals surface area contributed by atoms with Gasteiger partial charge in [-0.1, -0.05) is 35.9 Å². The zero-order chi connectivity index (χ0) is 24.1. The zero-order valence-corrected chi connectivity index (χ0v) is 20.5. The Morgan fingerprint density at radius 1 is 0.971 bits per heavy atom. The van der Waals surface area contributed by atoms with Crippen molar-refractivity contribution in [2.75, 3.05) is 29.6 Å². The van der Waals surface area contributed by atoms with Crippen molar-refractivity contribution < 1.29 is 9.18 Å². The van der Waals surface area contributed by atoms with Crippen molar-refractivity contribution >= 4 is 45.9 Å². The Bertz CT molecular complexity index is 1270. The Balaban J connectivity index is 1.58. The van der Waals surface area contributed by atoms with Crippen LogP contribution < -0.4 is 15.5 Å². The molecule has 0 aliphatic carbocycles. The molecule has 0 atom stereocenters. The predicted molar refractivity (Wildman–Crippen MR) is 142 cm³/mol. The van der Waals surface area contributed by atoms with Crippen LogP contribution in [-0.4, -0.2) is 20.0 Å². The van der Waals surface area contributed by atoms with Gasteiger partial charge in [0.1, 0.15) is 5.82 Å². The number of benzene rings is 3. The fourth-order valence-electron chi connectivity index (χ4n) is 3.56. The summed E-state index contributed by atoms with van der Waals surface area (Å²) in [6.45, 7) is 0.659. The first-order chi connectivity index (χ1) is 16.4. The molecule has 4 rings (SSSR count). The number of hydrogen-bond donors (Lipinski definition) is 2. The number of carbonyl (C=O) groups excluding carboxylic acids is 1. The van der Waals surface area contributed by atoms with E-state index in [0.29, 0.717) is 6.54 Å². The second-order valence-electron chi connectivity index (χ2n) is 8.11. The average molecular weight is 494 g/mol. The molecule has 0 unspecified atom stereocenters. The van der Waals surface area contributed by atoms with Gasteiger partial charge in [-0.05, 0) is 65.7 Å². The van der Waals surface area contributed by atoms with Crippen molar-refractivity contribution in [3.63, 3.8) is 0 Å². The van der Waals surface area contributed by atoms with Gasteiger partial charge in [-0.25, -0.2) is 4.39 Å². The first-order valence-electron chi connectivity index (χ1n) is 10.8. The third-order valence-electron chi connectivity index (χ3n) is 5.36. The first-order valence-corrected chi connectivity index (χ1v) is 12.0. The lowest BCUT2D eigenvalue weighted by molar-refractivity contribution is -0.115. The van der Waals surface area contributed by atoms with Crippen molar-refractivity contribution in [1.29, 1.82) is 0 Å². The normalized spacial score (nSPS) is 10.7. The number of nitrogens with zero attached hydrogens (tertiary/aromatic N) is 1. The summed E-state index contributed by atoms with van der Waals surface area (Å²) in [5.41, 5.74) is 5.40. The Labute approximate surface area is 208 Å². The van der Waals surface area contributed by atoms with E-state index in [1.807, 2.05) is 73.6 Å². The Kier molecular flexibility index (Phi) is 7.50. The van der Waals surface area contributed by atoms with E-state index in [1.165, 1.54) is 12.1 Å². The van der Waals surface area contributed by atoms with Crippen LogP contribution in [0.2, 0.25) is 4.34 Å². The van der Waals surface area contributed by atoms with Gasteiger partial charge in [-0.2, -0.15) is 0 Å². The fourth-order valence-corrected chi connectivity index (χ4v) is 4.59. The van der Waals surface area contributed by atoms with Crippen molar-refractivity contribution in [2.24, 2.45) is 0 Å². The van der Waals surface area contributed by atoms with E-state index in [2.05, 4.69) is 10.6 Å². The molecular formula is C27H25ClFN3OS. The van der Waals surface area contributed by atoms with Crippen LogP contribution in [0.4, 0.5) is 21.5 Å². The van der Waals surface area contributed by atoms with Crippen LogP contribution in [0.5, 0.6) is 0 Å². The van der Waals surface area contributed by atoms with Gasteiger partial charge in [0.15, 0.2) is 0 Å².